The molecule has 2 heterocycles. The monoisotopic (exact) mass is 401 g/mol. The standard InChI is InChI=1S/C23H19N3O4/c1-14-8-9-20-21(22(14)30-23(27)17-6-4-10-24-13-17)19(11-15(2)25-20)16-5-3-7-18(12-16)26(28)29/h3-10,12-13,19H,11H2,1-2H3. The van der Waals surface area contributed by atoms with Gasteiger partial charge in [-0.1, -0.05) is 18.2 Å². The van der Waals surface area contributed by atoms with Crippen LogP contribution in [0.4, 0.5) is 11.4 Å². The van der Waals surface area contributed by atoms with E-state index in [9.17, 15) is 14.9 Å². The summed E-state index contributed by atoms with van der Waals surface area (Å²) in [5.74, 6) is -0.285. The van der Waals surface area contributed by atoms with E-state index in [0.717, 1.165) is 22.4 Å². The second-order valence-electron chi connectivity index (χ2n) is 7.23. The number of non-ortho nitro benzene ring substituents is 1. The molecule has 1 atom stereocenters. The van der Waals surface area contributed by atoms with Crippen molar-refractivity contribution in [2.75, 3.05) is 0 Å². The molecule has 4 rings (SSSR count). The van der Waals surface area contributed by atoms with Crippen LogP contribution in [0.3, 0.4) is 0 Å². The molecule has 0 N–H and O–H groups in total. The number of nitro groups is 1. The molecule has 1 unspecified atom stereocenters. The van der Waals surface area contributed by atoms with Crippen LogP contribution in [0, 0.1) is 17.0 Å². The van der Waals surface area contributed by atoms with Crippen molar-refractivity contribution in [2.24, 2.45) is 4.99 Å². The zero-order valence-electron chi connectivity index (χ0n) is 16.5. The van der Waals surface area contributed by atoms with Crippen molar-refractivity contribution in [3.8, 4) is 5.75 Å². The number of hydrogen-bond acceptors (Lipinski definition) is 6. The highest BCUT2D eigenvalue weighted by atomic mass is 16.6. The summed E-state index contributed by atoms with van der Waals surface area (Å²) in [6.45, 7) is 3.79. The first kappa shape index (κ1) is 19.4. The van der Waals surface area contributed by atoms with Crippen molar-refractivity contribution in [2.45, 2.75) is 26.2 Å². The predicted molar refractivity (Wildman–Crippen MR) is 113 cm³/mol. The minimum Gasteiger partial charge on any atom is -0.422 e. The fraction of sp³-hybridized carbons (Fsp3) is 0.174. The molecule has 1 aromatic heterocycles. The van der Waals surface area contributed by atoms with Crippen molar-refractivity contribution >= 4 is 23.1 Å². The molecule has 7 nitrogen and oxygen atoms in total. The minimum atomic E-state index is -0.510. The summed E-state index contributed by atoms with van der Waals surface area (Å²) in [6, 6.07) is 13.6. The Morgan fingerprint density at radius 2 is 2.00 bits per heavy atom. The quantitative estimate of drug-likeness (QED) is 0.261. The van der Waals surface area contributed by atoms with Crippen molar-refractivity contribution in [1.29, 1.82) is 0 Å². The lowest BCUT2D eigenvalue weighted by atomic mass is 9.82. The number of pyridine rings is 1. The Balaban J connectivity index is 1.83. The van der Waals surface area contributed by atoms with Crippen molar-refractivity contribution < 1.29 is 14.5 Å². The van der Waals surface area contributed by atoms with E-state index in [2.05, 4.69) is 9.98 Å². The van der Waals surface area contributed by atoms with E-state index >= 15 is 0 Å². The van der Waals surface area contributed by atoms with Gasteiger partial charge < -0.3 is 4.74 Å². The van der Waals surface area contributed by atoms with Crippen LogP contribution in [-0.2, 0) is 0 Å². The fourth-order valence-corrected chi connectivity index (χ4v) is 3.69. The second kappa shape index (κ2) is 7.87. The molecular weight excluding hydrogens is 382 g/mol. The Morgan fingerprint density at radius 3 is 2.73 bits per heavy atom. The number of aromatic nitrogens is 1. The van der Waals surface area contributed by atoms with Crippen LogP contribution in [0.25, 0.3) is 0 Å². The summed E-state index contributed by atoms with van der Waals surface area (Å²) in [5.41, 5.74) is 4.31. The third-order valence-corrected chi connectivity index (χ3v) is 5.10. The number of fused-ring (bicyclic) bond motifs is 1. The van der Waals surface area contributed by atoms with Crippen LogP contribution in [0.15, 0.2) is 65.9 Å². The number of rotatable bonds is 4. The van der Waals surface area contributed by atoms with Crippen molar-refractivity contribution in [1.82, 2.24) is 4.98 Å². The average molecular weight is 401 g/mol. The molecule has 0 saturated carbocycles. The van der Waals surface area contributed by atoms with E-state index < -0.39 is 10.9 Å². The summed E-state index contributed by atoms with van der Waals surface area (Å²) in [6.07, 6.45) is 3.62. The molecule has 0 radical (unpaired) electrons. The Morgan fingerprint density at radius 1 is 1.17 bits per heavy atom. The molecule has 7 heteroatoms. The van der Waals surface area contributed by atoms with Crippen LogP contribution in [0.1, 0.15) is 46.3 Å². The maximum Gasteiger partial charge on any atom is 0.345 e. The number of aryl methyl sites for hydroxylation is 1. The van der Waals surface area contributed by atoms with E-state index in [4.69, 9.17) is 4.74 Å². The molecular formula is C23H19N3O4. The Kier molecular flexibility index (Phi) is 5.10. The van der Waals surface area contributed by atoms with Gasteiger partial charge in [0.15, 0.2) is 0 Å². The van der Waals surface area contributed by atoms with Gasteiger partial charge in [-0.2, -0.15) is 0 Å². The van der Waals surface area contributed by atoms with Gasteiger partial charge >= 0.3 is 5.97 Å². The third-order valence-electron chi connectivity index (χ3n) is 5.10. The molecule has 0 spiro atoms. The number of carbonyl (C=O) groups is 1. The highest BCUT2D eigenvalue weighted by Crippen LogP contribution is 2.46. The van der Waals surface area contributed by atoms with Crippen molar-refractivity contribution in [3.05, 3.63) is 93.3 Å². The van der Waals surface area contributed by atoms with E-state index in [1.807, 2.05) is 32.0 Å². The fourth-order valence-electron chi connectivity index (χ4n) is 3.69. The number of carbonyl (C=O) groups excluding carboxylic acids is 1. The van der Waals surface area contributed by atoms with Gasteiger partial charge in [-0.15, -0.1) is 0 Å². The molecule has 0 amide bonds. The largest absolute Gasteiger partial charge is 0.422 e. The molecule has 150 valence electrons. The van der Waals surface area contributed by atoms with Gasteiger partial charge in [0.2, 0.25) is 0 Å². The number of aliphatic imine (C=N–C) groups is 1. The predicted octanol–water partition coefficient (Wildman–Crippen LogP) is 5.15. The molecule has 1 aliphatic rings. The summed E-state index contributed by atoms with van der Waals surface area (Å²) >= 11 is 0. The molecule has 0 aliphatic carbocycles. The Bertz CT molecular complexity index is 1170. The number of benzene rings is 2. The number of nitrogens with zero attached hydrogens (tertiary/aromatic N) is 3. The first-order chi connectivity index (χ1) is 14.4. The first-order valence-electron chi connectivity index (χ1n) is 9.48. The topological polar surface area (TPSA) is 94.7 Å². The Hall–Kier alpha value is -3.87. The smallest absolute Gasteiger partial charge is 0.345 e. The normalized spacial score (nSPS) is 15.1. The van der Waals surface area contributed by atoms with Crippen LogP contribution >= 0.6 is 0 Å². The van der Waals surface area contributed by atoms with Gasteiger partial charge in [-0.25, -0.2) is 4.79 Å². The number of ether oxygens (including phenoxy) is 1. The lowest BCUT2D eigenvalue weighted by Gasteiger charge is -2.27. The van der Waals surface area contributed by atoms with E-state index in [0.29, 0.717) is 23.4 Å². The molecule has 0 fully saturated rings. The van der Waals surface area contributed by atoms with Crippen LogP contribution in [-0.4, -0.2) is 21.6 Å². The molecule has 30 heavy (non-hydrogen) atoms. The number of nitro benzene ring substituents is 1. The lowest BCUT2D eigenvalue weighted by molar-refractivity contribution is -0.384. The van der Waals surface area contributed by atoms with E-state index in [-0.39, 0.29) is 11.6 Å². The van der Waals surface area contributed by atoms with Gasteiger partial charge in [0, 0.05) is 41.7 Å². The zero-order valence-corrected chi connectivity index (χ0v) is 16.5. The molecule has 1 aliphatic heterocycles. The van der Waals surface area contributed by atoms with Gasteiger partial charge in [0.25, 0.3) is 5.69 Å². The van der Waals surface area contributed by atoms with Crippen LogP contribution in [0.5, 0.6) is 5.75 Å². The number of hydrogen-bond donors (Lipinski definition) is 0. The van der Waals surface area contributed by atoms with Gasteiger partial charge in [0.1, 0.15) is 5.75 Å². The van der Waals surface area contributed by atoms with Gasteiger partial charge in [-0.3, -0.25) is 20.1 Å². The molecule has 3 aromatic rings. The van der Waals surface area contributed by atoms with Crippen molar-refractivity contribution in [3.63, 3.8) is 0 Å². The maximum absolute atomic E-state index is 12.7. The summed E-state index contributed by atoms with van der Waals surface area (Å²) in [4.78, 5) is 32.2. The Labute approximate surface area is 173 Å². The van der Waals surface area contributed by atoms with E-state index in [1.54, 1.807) is 30.5 Å². The maximum atomic E-state index is 12.7. The lowest BCUT2D eigenvalue weighted by Crippen LogP contribution is -2.16. The van der Waals surface area contributed by atoms with E-state index in [1.165, 1.54) is 12.3 Å². The van der Waals surface area contributed by atoms with Crippen LogP contribution in [0.2, 0.25) is 0 Å². The highest BCUT2D eigenvalue weighted by Gasteiger charge is 2.29. The third kappa shape index (κ3) is 3.69. The first-order valence-corrected chi connectivity index (χ1v) is 9.48. The second-order valence-corrected chi connectivity index (χ2v) is 7.23. The number of esters is 1. The van der Waals surface area contributed by atoms with Gasteiger partial charge in [0.05, 0.1) is 16.2 Å². The van der Waals surface area contributed by atoms with Crippen LogP contribution < -0.4 is 4.74 Å². The molecule has 2 aromatic carbocycles. The highest BCUT2D eigenvalue weighted by molar-refractivity contribution is 5.93. The SMILES string of the molecule is CC1=Nc2ccc(C)c(OC(=O)c3cccnc3)c2C(c2cccc([N+](=O)[O-])c2)C1. The summed E-state index contributed by atoms with van der Waals surface area (Å²) < 4.78 is 5.81. The summed E-state index contributed by atoms with van der Waals surface area (Å²) in [5, 5.41) is 11.3. The molecule has 0 bridgehead atoms. The van der Waals surface area contributed by atoms with Gasteiger partial charge in [-0.05, 0) is 49.6 Å². The molecule has 0 saturated heterocycles. The summed E-state index contributed by atoms with van der Waals surface area (Å²) in [7, 11) is 0. The average Bonchev–Trinajstić information content (AvgIpc) is 2.75. The zero-order chi connectivity index (χ0) is 21.3. The minimum absolute atomic E-state index is 0.0239.